The number of hydrogen-bond acceptors (Lipinski definition) is 9. The summed E-state index contributed by atoms with van der Waals surface area (Å²) in [4.78, 5) is 13.6. The summed E-state index contributed by atoms with van der Waals surface area (Å²) in [5.41, 5.74) is 0.867. The second-order valence-electron chi connectivity index (χ2n) is 8.13. The number of halogens is 1. The van der Waals surface area contributed by atoms with E-state index in [0.29, 0.717) is 26.2 Å². The third-order valence-corrected chi connectivity index (χ3v) is 7.84. The van der Waals surface area contributed by atoms with Gasteiger partial charge in [-0.3, -0.25) is 0 Å². The highest BCUT2D eigenvalue weighted by Crippen LogP contribution is 2.26. The fourth-order valence-electron chi connectivity index (χ4n) is 4.18. The zero-order valence-corrected chi connectivity index (χ0v) is 19.0. The second kappa shape index (κ2) is 8.63. The van der Waals surface area contributed by atoms with E-state index in [4.69, 9.17) is 4.98 Å². The first kappa shape index (κ1) is 21.6. The molecule has 2 aliphatic rings. The lowest BCUT2D eigenvalue weighted by Crippen LogP contribution is -2.49. The van der Waals surface area contributed by atoms with Gasteiger partial charge in [-0.1, -0.05) is 0 Å². The average Bonchev–Trinajstić information content (AvgIpc) is 3.54. The van der Waals surface area contributed by atoms with E-state index >= 15 is 0 Å². The van der Waals surface area contributed by atoms with Crippen LogP contribution in [0.5, 0.6) is 0 Å². The lowest BCUT2D eigenvalue weighted by molar-refractivity contribution is 0.383. The standard InChI is InChI=1S/C20H24FN9O2S/c1-14-12-18(23-20(22-14)29-6-2-3-7-29)28-8-10-30(11-9-28)33(31,32)15-4-5-17(21)16(13-15)19-24-26-27-25-19/h4-5,12-13H,2-3,6-11H2,1H3,(H,24,25,26,27). The van der Waals surface area contributed by atoms with Crippen molar-refractivity contribution in [3.63, 3.8) is 0 Å². The molecule has 0 aliphatic carbocycles. The van der Waals surface area contributed by atoms with Gasteiger partial charge in [0.2, 0.25) is 21.8 Å². The SMILES string of the molecule is Cc1cc(N2CCN(S(=O)(=O)c3ccc(F)c(-c4nn[nH]n4)c3)CC2)nc(N2CCCC2)n1. The summed E-state index contributed by atoms with van der Waals surface area (Å²) in [5.74, 6) is 0.927. The number of nitrogens with one attached hydrogen (secondary N) is 1. The van der Waals surface area contributed by atoms with Gasteiger partial charge in [0.25, 0.3) is 0 Å². The van der Waals surface area contributed by atoms with E-state index in [2.05, 4.69) is 35.4 Å². The Morgan fingerprint density at radius 3 is 2.42 bits per heavy atom. The van der Waals surface area contributed by atoms with Gasteiger partial charge in [-0.05, 0) is 43.2 Å². The highest BCUT2D eigenvalue weighted by atomic mass is 32.2. The van der Waals surface area contributed by atoms with Gasteiger partial charge in [-0.15, -0.1) is 10.2 Å². The summed E-state index contributed by atoms with van der Waals surface area (Å²) in [6.45, 7) is 5.43. The van der Waals surface area contributed by atoms with Gasteiger partial charge < -0.3 is 9.80 Å². The van der Waals surface area contributed by atoms with Crippen LogP contribution in [-0.4, -0.2) is 82.6 Å². The minimum atomic E-state index is -3.81. The molecule has 2 fully saturated rings. The number of benzene rings is 1. The van der Waals surface area contributed by atoms with E-state index in [1.807, 2.05) is 13.0 Å². The van der Waals surface area contributed by atoms with Crippen LogP contribution in [0.4, 0.5) is 16.2 Å². The number of piperazine rings is 1. The van der Waals surface area contributed by atoms with Crippen LogP contribution in [0.15, 0.2) is 29.2 Å². The Morgan fingerprint density at radius 1 is 0.970 bits per heavy atom. The van der Waals surface area contributed by atoms with Crippen molar-refractivity contribution in [1.29, 1.82) is 0 Å². The minimum absolute atomic E-state index is 0.00214. The van der Waals surface area contributed by atoms with Crippen LogP contribution in [0.25, 0.3) is 11.4 Å². The summed E-state index contributed by atoms with van der Waals surface area (Å²) < 4.78 is 42.1. The van der Waals surface area contributed by atoms with E-state index in [0.717, 1.165) is 49.5 Å². The van der Waals surface area contributed by atoms with E-state index < -0.39 is 15.8 Å². The molecular weight excluding hydrogens is 449 g/mol. The van der Waals surface area contributed by atoms with Gasteiger partial charge in [-0.2, -0.15) is 14.5 Å². The van der Waals surface area contributed by atoms with Crippen LogP contribution in [-0.2, 0) is 10.0 Å². The summed E-state index contributed by atoms with van der Waals surface area (Å²) in [6.07, 6.45) is 2.28. The zero-order chi connectivity index (χ0) is 23.0. The molecule has 4 heterocycles. The lowest BCUT2D eigenvalue weighted by atomic mass is 10.2. The van der Waals surface area contributed by atoms with E-state index in [1.165, 1.54) is 16.4 Å². The van der Waals surface area contributed by atoms with Crippen molar-refractivity contribution in [3.8, 4) is 11.4 Å². The average molecular weight is 474 g/mol. The van der Waals surface area contributed by atoms with Gasteiger partial charge in [0.1, 0.15) is 11.6 Å². The van der Waals surface area contributed by atoms with Crippen LogP contribution < -0.4 is 9.80 Å². The zero-order valence-electron chi connectivity index (χ0n) is 18.1. The Labute approximate surface area is 190 Å². The molecule has 33 heavy (non-hydrogen) atoms. The van der Waals surface area contributed by atoms with Crippen molar-refractivity contribution in [2.24, 2.45) is 0 Å². The molecule has 0 saturated carbocycles. The molecule has 1 aromatic carbocycles. The quantitative estimate of drug-likeness (QED) is 0.582. The fourth-order valence-corrected chi connectivity index (χ4v) is 5.62. The Morgan fingerprint density at radius 2 is 1.73 bits per heavy atom. The number of hydrogen-bond donors (Lipinski definition) is 1. The van der Waals surface area contributed by atoms with Crippen LogP contribution in [0.2, 0.25) is 0 Å². The first-order valence-corrected chi connectivity index (χ1v) is 12.2. The van der Waals surface area contributed by atoms with Crippen molar-refractivity contribution in [2.75, 3.05) is 49.1 Å². The number of anilines is 2. The molecule has 0 amide bonds. The molecule has 2 aliphatic heterocycles. The maximum atomic E-state index is 14.2. The van der Waals surface area contributed by atoms with Gasteiger partial charge in [-0.25, -0.2) is 17.8 Å². The molecular formula is C20H24FN9O2S. The molecule has 13 heteroatoms. The van der Waals surface area contributed by atoms with E-state index in [1.54, 1.807) is 0 Å². The van der Waals surface area contributed by atoms with Crippen molar-refractivity contribution in [3.05, 3.63) is 35.8 Å². The van der Waals surface area contributed by atoms with Crippen LogP contribution in [0, 0.1) is 12.7 Å². The minimum Gasteiger partial charge on any atom is -0.354 e. The number of sulfonamides is 1. The molecule has 11 nitrogen and oxygen atoms in total. The Bertz CT molecular complexity index is 1240. The normalized spacial score (nSPS) is 17.6. The molecule has 0 atom stereocenters. The number of aryl methyl sites for hydroxylation is 1. The van der Waals surface area contributed by atoms with Gasteiger partial charge >= 0.3 is 0 Å². The summed E-state index contributed by atoms with van der Waals surface area (Å²) >= 11 is 0. The molecule has 3 aromatic rings. The van der Waals surface area contributed by atoms with Crippen molar-refractivity contribution in [1.82, 2.24) is 34.9 Å². The molecule has 0 bridgehead atoms. The first-order chi connectivity index (χ1) is 15.9. The van der Waals surface area contributed by atoms with Crippen LogP contribution >= 0.6 is 0 Å². The molecule has 2 aromatic heterocycles. The second-order valence-corrected chi connectivity index (χ2v) is 10.1. The van der Waals surface area contributed by atoms with E-state index in [-0.39, 0.29) is 16.3 Å². The molecule has 1 N–H and O–H groups in total. The highest BCUT2D eigenvalue weighted by molar-refractivity contribution is 7.89. The predicted octanol–water partition coefficient (Wildman–Crippen LogP) is 1.22. The Kier molecular flexibility index (Phi) is 5.66. The third-order valence-electron chi connectivity index (χ3n) is 5.94. The molecule has 0 spiro atoms. The van der Waals surface area contributed by atoms with Crippen molar-refractivity contribution >= 4 is 21.8 Å². The van der Waals surface area contributed by atoms with Gasteiger partial charge in [0.05, 0.1) is 10.5 Å². The highest BCUT2D eigenvalue weighted by Gasteiger charge is 2.30. The monoisotopic (exact) mass is 473 g/mol. The number of aromatic amines is 1. The fraction of sp³-hybridized carbons (Fsp3) is 0.450. The Balaban J connectivity index is 1.33. The Hall–Kier alpha value is -3.19. The predicted molar refractivity (Wildman–Crippen MR) is 119 cm³/mol. The van der Waals surface area contributed by atoms with Crippen LogP contribution in [0.1, 0.15) is 18.5 Å². The molecule has 0 unspecified atom stereocenters. The molecule has 2 saturated heterocycles. The van der Waals surface area contributed by atoms with Gasteiger partial charge in [0.15, 0.2) is 0 Å². The van der Waals surface area contributed by atoms with Crippen LogP contribution in [0.3, 0.4) is 0 Å². The largest absolute Gasteiger partial charge is 0.354 e. The number of aromatic nitrogens is 6. The molecule has 5 rings (SSSR count). The maximum absolute atomic E-state index is 14.2. The summed E-state index contributed by atoms with van der Waals surface area (Å²) in [6, 6.07) is 5.55. The topological polar surface area (TPSA) is 124 Å². The lowest BCUT2D eigenvalue weighted by Gasteiger charge is -2.35. The number of tetrazole rings is 1. The molecule has 174 valence electrons. The van der Waals surface area contributed by atoms with Crippen molar-refractivity contribution < 1.29 is 12.8 Å². The first-order valence-electron chi connectivity index (χ1n) is 10.8. The van der Waals surface area contributed by atoms with E-state index in [9.17, 15) is 12.8 Å². The third kappa shape index (κ3) is 4.25. The van der Waals surface area contributed by atoms with Gasteiger partial charge in [0, 0.05) is 51.0 Å². The number of H-pyrrole nitrogens is 1. The van der Waals surface area contributed by atoms with Crippen molar-refractivity contribution in [2.45, 2.75) is 24.7 Å². The molecule has 0 radical (unpaired) electrons. The smallest absolute Gasteiger partial charge is 0.243 e. The number of nitrogens with zero attached hydrogens (tertiary/aromatic N) is 8. The summed E-state index contributed by atoms with van der Waals surface area (Å²) in [5, 5.41) is 13.2. The summed E-state index contributed by atoms with van der Waals surface area (Å²) in [7, 11) is -3.81. The maximum Gasteiger partial charge on any atom is 0.243 e. The number of rotatable bonds is 5.